The number of carbonyl (C=O) groups is 1. The van der Waals surface area contributed by atoms with Crippen molar-refractivity contribution in [3.05, 3.63) is 33.8 Å². The van der Waals surface area contributed by atoms with Crippen LogP contribution in [0, 0.1) is 5.92 Å². The first-order valence-electron chi connectivity index (χ1n) is 7.04. The highest BCUT2D eigenvalue weighted by Gasteiger charge is 2.25. The Morgan fingerprint density at radius 1 is 1.45 bits per heavy atom. The lowest BCUT2D eigenvalue weighted by atomic mass is 10.1. The van der Waals surface area contributed by atoms with Gasteiger partial charge in [0.2, 0.25) is 5.91 Å². The van der Waals surface area contributed by atoms with Crippen molar-refractivity contribution in [2.75, 3.05) is 32.4 Å². The fourth-order valence-corrected chi connectivity index (χ4v) is 3.98. The third-order valence-corrected chi connectivity index (χ3v) is 5.18. The van der Waals surface area contributed by atoms with Gasteiger partial charge in [0.05, 0.1) is 5.75 Å². The van der Waals surface area contributed by atoms with E-state index in [1.54, 1.807) is 17.8 Å². The third-order valence-electron chi connectivity index (χ3n) is 3.63. The molecule has 1 unspecified atom stereocenters. The van der Waals surface area contributed by atoms with Crippen LogP contribution >= 0.6 is 47.4 Å². The summed E-state index contributed by atoms with van der Waals surface area (Å²) in [6.45, 7) is 2.74. The molecule has 0 saturated carbocycles. The molecule has 1 atom stereocenters. The zero-order chi connectivity index (χ0) is 15.2. The Labute approximate surface area is 152 Å². The lowest BCUT2D eigenvalue weighted by Gasteiger charge is -2.16. The lowest BCUT2D eigenvalue weighted by molar-refractivity contribution is -0.127. The zero-order valence-corrected chi connectivity index (χ0v) is 15.6. The molecule has 1 heterocycles. The minimum Gasteiger partial charge on any atom is -0.342 e. The van der Waals surface area contributed by atoms with Crippen molar-refractivity contribution in [3.8, 4) is 0 Å². The highest BCUT2D eigenvalue weighted by atomic mass is 35.5. The van der Waals surface area contributed by atoms with Crippen LogP contribution in [-0.4, -0.2) is 43.2 Å². The van der Waals surface area contributed by atoms with Crippen LogP contribution in [0.5, 0.6) is 0 Å². The fraction of sp³-hybridized carbons (Fsp3) is 0.533. The van der Waals surface area contributed by atoms with Gasteiger partial charge in [0.15, 0.2) is 0 Å². The summed E-state index contributed by atoms with van der Waals surface area (Å²) in [5.41, 5.74) is 1.02. The summed E-state index contributed by atoms with van der Waals surface area (Å²) in [7, 11) is 1.95. The van der Waals surface area contributed by atoms with Crippen LogP contribution < -0.4 is 5.32 Å². The molecule has 1 N–H and O–H groups in total. The first-order chi connectivity index (χ1) is 10.1. The maximum atomic E-state index is 12.2. The number of likely N-dealkylation sites (tertiary alicyclic amines) is 1. The van der Waals surface area contributed by atoms with Crippen molar-refractivity contribution in [1.29, 1.82) is 0 Å². The van der Waals surface area contributed by atoms with Gasteiger partial charge in [-0.3, -0.25) is 4.79 Å². The maximum absolute atomic E-state index is 12.2. The summed E-state index contributed by atoms with van der Waals surface area (Å²) < 4.78 is 0. The number of halogens is 3. The van der Waals surface area contributed by atoms with Gasteiger partial charge in [-0.1, -0.05) is 29.3 Å². The molecule has 0 bridgehead atoms. The molecule has 1 aromatic carbocycles. The van der Waals surface area contributed by atoms with Gasteiger partial charge in [-0.2, -0.15) is 0 Å². The molecule has 0 spiro atoms. The predicted octanol–water partition coefficient (Wildman–Crippen LogP) is 3.72. The van der Waals surface area contributed by atoms with E-state index >= 15 is 0 Å². The van der Waals surface area contributed by atoms with E-state index in [1.165, 1.54) is 0 Å². The van der Waals surface area contributed by atoms with E-state index in [4.69, 9.17) is 23.2 Å². The van der Waals surface area contributed by atoms with Gasteiger partial charge in [0.25, 0.3) is 0 Å². The molecule has 0 aliphatic carbocycles. The fourth-order valence-electron chi connectivity index (χ4n) is 2.49. The van der Waals surface area contributed by atoms with Crippen molar-refractivity contribution < 1.29 is 4.79 Å². The van der Waals surface area contributed by atoms with Crippen LogP contribution in [-0.2, 0) is 10.5 Å². The Balaban J connectivity index is 0.00000242. The van der Waals surface area contributed by atoms with E-state index in [9.17, 15) is 4.79 Å². The monoisotopic (exact) mass is 382 g/mol. The second-order valence-corrected chi connectivity index (χ2v) is 7.11. The average Bonchev–Trinajstić information content (AvgIpc) is 2.90. The number of hydrogen-bond acceptors (Lipinski definition) is 3. The van der Waals surface area contributed by atoms with Gasteiger partial charge in [-0.25, -0.2) is 0 Å². The van der Waals surface area contributed by atoms with Crippen LogP contribution in [0.3, 0.4) is 0 Å². The largest absolute Gasteiger partial charge is 0.342 e. The van der Waals surface area contributed by atoms with Crippen molar-refractivity contribution in [3.63, 3.8) is 0 Å². The number of hydrogen-bond donors (Lipinski definition) is 1. The molecule has 2 rings (SSSR count). The number of nitrogens with zero attached hydrogens (tertiary/aromatic N) is 1. The van der Waals surface area contributed by atoms with Gasteiger partial charge in [0.1, 0.15) is 0 Å². The molecule has 1 aliphatic heterocycles. The minimum absolute atomic E-state index is 0. The van der Waals surface area contributed by atoms with Gasteiger partial charge < -0.3 is 10.2 Å². The van der Waals surface area contributed by atoms with Gasteiger partial charge >= 0.3 is 0 Å². The summed E-state index contributed by atoms with van der Waals surface area (Å²) in [6.07, 6.45) is 1.10. The van der Waals surface area contributed by atoms with Gasteiger partial charge in [0, 0.05) is 28.9 Å². The van der Waals surface area contributed by atoms with Crippen molar-refractivity contribution in [1.82, 2.24) is 10.2 Å². The molecule has 0 aromatic heterocycles. The van der Waals surface area contributed by atoms with Crippen LogP contribution in [0.15, 0.2) is 18.2 Å². The van der Waals surface area contributed by atoms with E-state index < -0.39 is 0 Å². The Morgan fingerprint density at radius 2 is 2.23 bits per heavy atom. The average molecular weight is 384 g/mol. The Hall–Kier alpha value is -0.130. The molecule has 1 amide bonds. The quantitative estimate of drug-likeness (QED) is 0.812. The summed E-state index contributed by atoms with van der Waals surface area (Å²) in [5, 5.41) is 4.48. The second-order valence-electron chi connectivity index (χ2n) is 5.28. The first-order valence-corrected chi connectivity index (χ1v) is 8.95. The zero-order valence-electron chi connectivity index (χ0n) is 12.5. The maximum Gasteiger partial charge on any atom is 0.232 e. The van der Waals surface area contributed by atoms with Crippen molar-refractivity contribution in [2.24, 2.45) is 5.92 Å². The second kappa shape index (κ2) is 9.89. The molecular weight excluding hydrogens is 363 g/mol. The molecular formula is C15H21Cl3N2OS. The normalized spacial score (nSPS) is 17.4. The number of thioether (sulfide) groups is 1. The van der Waals surface area contributed by atoms with Crippen LogP contribution in [0.1, 0.15) is 12.0 Å². The Morgan fingerprint density at radius 3 is 2.91 bits per heavy atom. The first kappa shape index (κ1) is 19.9. The predicted molar refractivity (Wildman–Crippen MR) is 98.5 cm³/mol. The van der Waals surface area contributed by atoms with Crippen molar-refractivity contribution in [2.45, 2.75) is 12.2 Å². The van der Waals surface area contributed by atoms with Crippen LogP contribution in [0.2, 0.25) is 10.0 Å². The third kappa shape index (κ3) is 5.82. The standard InChI is InChI=1S/C15H20Cl2N2OS.ClH/c1-18-7-11-4-5-19(8-11)15(20)10-21-9-12-2-3-13(16)6-14(12)17;/h2-3,6,11,18H,4-5,7-10H2,1H3;1H. The van der Waals surface area contributed by atoms with Crippen LogP contribution in [0.4, 0.5) is 0 Å². The number of nitrogens with one attached hydrogen (secondary N) is 1. The molecule has 1 aliphatic rings. The molecule has 1 aromatic rings. The number of amides is 1. The van der Waals surface area contributed by atoms with E-state index in [0.717, 1.165) is 37.4 Å². The summed E-state index contributed by atoms with van der Waals surface area (Å²) in [6, 6.07) is 5.48. The van der Waals surface area contributed by atoms with E-state index in [-0.39, 0.29) is 18.3 Å². The highest BCUT2D eigenvalue weighted by Crippen LogP contribution is 2.25. The van der Waals surface area contributed by atoms with Crippen LogP contribution in [0.25, 0.3) is 0 Å². The number of carbonyl (C=O) groups excluding carboxylic acids is 1. The van der Waals surface area contributed by atoms with Gasteiger partial charge in [-0.05, 0) is 43.6 Å². The molecule has 22 heavy (non-hydrogen) atoms. The molecule has 3 nitrogen and oxygen atoms in total. The minimum atomic E-state index is 0. The molecule has 1 saturated heterocycles. The smallest absolute Gasteiger partial charge is 0.232 e. The lowest BCUT2D eigenvalue weighted by Crippen LogP contribution is -2.31. The van der Waals surface area contributed by atoms with Crippen molar-refractivity contribution >= 4 is 53.3 Å². The van der Waals surface area contributed by atoms with E-state index in [0.29, 0.717) is 21.7 Å². The van der Waals surface area contributed by atoms with E-state index in [2.05, 4.69) is 5.32 Å². The summed E-state index contributed by atoms with van der Waals surface area (Å²) in [5.74, 6) is 2.05. The summed E-state index contributed by atoms with van der Waals surface area (Å²) >= 11 is 13.6. The SMILES string of the molecule is CNCC1CCN(C(=O)CSCc2ccc(Cl)cc2Cl)C1.Cl. The Bertz CT molecular complexity index is 502. The Kier molecular flexibility index (Phi) is 8.95. The van der Waals surface area contributed by atoms with Gasteiger partial charge in [-0.15, -0.1) is 24.2 Å². The molecule has 0 radical (unpaired) electrons. The number of benzene rings is 1. The highest BCUT2D eigenvalue weighted by molar-refractivity contribution is 7.99. The molecule has 1 fully saturated rings. The molecule has 124 valence electrons. The summed E-state index contributed by atoms with van der Waals surface area (Å²) in [4.78, 5) is 14.1. The number of rotatable bonds is 6. The topological polar surface area (TPSA) is 32.3 Å². The van der Waals surface area contributed by atoms with E-state index in [1.807, 2.05) is 24.1 Å². The molecule has 7 heteroatoms.